The minimum Gasteiger partial charge on any atom is -0.506 e. The maximum atomic E-state index is 12.7. The molecular weight excluding hydrogens is 398 g/mol. The topological polar surface area (TPSA) is 117 Å². The van der Waals surface area contributed by atoms with Gasteiger partial charge in [0.15, 0.2) is 5.78 Å². The third-order valence-corrected chi connectivity index (χ3v) is 4.61. The molecule has 0 atom stereocenters. The quantitative estimate of drug-likeness (QED) is 0.435. The molecule has 2 N–H and O–H groups in total. The number of nitrogens with zero attached hydrogens (tertiary/aromatic N) is 4. The van der Waals surface area contributed by atoms with Crippen LogP contribution in [0.1, 0.15) is 26.5 Å². The van der Waals surface area contributed by atoms with Crippen molar-refractivity contribution >= 4 is 28.8 Å². The predicted molar refractivity (Wildman–Crippen MR) is 117 cm³/mol. The molecular formula is C22H23N5O4. The molecule has 0 radical (unpaired) electrons. The second-order valence-corrected chi connectivity index (χ2v) is 7.17. The predicted octanol–water partition coefficient (Wildman–Crippen LogP) is 1.22. The Morgan fingerprint density at radius 3 is 2.74 bits per heavy atom. The van der Waals surface area contributed by atoms with Gasteiger partial charge in [-0.05, 0) is 50.5 Å². The largest absolute Gasteiger partial charge is 0.506 e. The van der Waals surface area contributed by atoms with Gasteiger partial charge in [-0.25, -0.2) is 9.97 Å². The molecule has 3 heterocycles. The summed E-state index contributed by atoms with van der Waals surface area (Å²) < 4.78 is 1.22. The van der Waals surface area contributed by atoms with E-state index in [-0.39, 0.29) is 22.8 Å². The van der Waals surface area contributed by atoms with Crippen LogP contribution in [0.3, 0.4) is 0 Å². The van der Waals surface area contributed by atoms with Crippen molar-refractivity contribution in [2.75, 3.05) is 27.2 Å². The fourth-order valence-electron chi connectivity index (χ4n) is 2.97. The number of aromatic nitrogens is 3. The van der Waals surface area contributed by atoms with Crippen LogP contribution in [0.2, 0.25) is 0 Å². The standard InChI is InChI=1S/C22H23N5O4/c1-26(2)13-12-24-21(30)16-8-4-6-14(25-16)9-10-17(28)18-19(29)15-7-5-11-23-20(15)27(3)22(18)31/h4-11,29H,12-13H2,1-3H3,(H,24,30)/b10-9+. The van der Waals surface area contributed by atoms with Gasteiger partial charge in [-0.3, -0.25) is 19.0 Å². The zero-order valence-electron chi connectivity index (χ0n) is 17.5. The van der Waals surface area contributed by atoms with Crippen LogP contribution in [0.5, 0.6) is 5.75 Å². The van der Waals surface area contributed by atoms with E-state index in [1.165, 1.54) is 23.9 Å². The average Bonchev–Trinajstić information content (AvgIpc) is 2.76. The number of allylic oxidation sites excluding steroid dienone is 1. The lowest BCUT2D eigenvalue weighted by atomic mass is 10.1. The Balaban J connectivity index is 1.84. The van der Waals surface area contributed by atoms with Crippen molar-refractivity contribution in [2.45, 2.75) is 0 Å². The molecule has 31 heavy (non-hydrogen) atoms. The van der Waals surface area contributed by atoms with Gasteiger partial charge in [-0.1, -0.05) is 6.07 Å². The van der Waals surface area contributed by atoms with E-state index in [0.717, 1.165) is 6.08 Å². The van der Waals surface area contributed by atoms with Crippen LogP contribution in [-0.2, 0) is 7.05 Å². The number of carbonyl (C=O) groups is 2. The third kappa shape index (κ3) is 4.84. The number of amides is 1. The molecule has 9 heteroatoms. The smallest absolute Gasteiger partial charge is 0.269 e. The lowest BCUT2D eigenvalue weighted by molar-refractivity contribution is 0.0945. The molecule has 0 aliphatic rings. The highest BCUT2D eigenvalue weighted by Crippen LogP contribution is 2.25. The van der Waals surface area contributed by atoms with Crippen molar-refractivity contribution < 1.29 is 14.7 Å². The first-order chi connectivity index (χ1) is 14.8. The number of likely N-dealkylation sites (N-methyl/N-ethyl adjacent to an activating group) is 1. The monoisotopic (exact) mass is 421 g/mol. The van der Waals surface area contributed by atoms with E-state index < -0.39 is 17.1 Å². The highest BCUT2D eigenvalue weighted by molar-refractivity contribution is 6.10. The SMILES string of the molecule is CN(C)CCNC(=O)c1cccc(/C=C/C(=O)c2c(O)c3cccnc3n(C)c2=O)n1. The zero-order chi connectivity index (χ0) is 22.5. The molecule has 3 rings (SSSR count). The summed E-state index contributed by atoms with van der Waals surface area (Å²) in [6.07, 6.45) is 4.04. The van der Waals surface area contributed by atoms with Gasteiger partial charge in [0.2, 0.25) is 0 Å². The minimum atomic E-state index is -0.675. The van der Waals surface area contributed by atoms with E-state index in [1.54, 1.807) is 30.3 Å². The van der Waals surface area contributed by atoms with Crippen LogP contribution >= 0.6 is 0 Å². The van der Waals surface area contributed by atoms with Gasteiger partial charge in [0.1, 0.15) is 22.7 Å². The van der Waals surface area contributed by atoms with E-state index in [4.69, 9.17) is 0 Å². The zero-order valence-corrected chi connectivity index (χ0v) is 17.5. The third-order valence-electron chi connectivity index (χ3n) is 4.61. The molecule has 0 fully saturated rings. The van der Waals surface area contributed by atoms with Crippen molar-refractivity contribution in [1.82, 2.24) is 24.8 Å². The fourth-order valence-corrected chi connectivity index (χ4v) is 2.97. The molecule has 3 aromatic heterocycles. The first-order valence-electron chi connectivity index (χ1n) is 9.58. The summed E-state index contributed by atoms with van der Waals surface area (Å²) in [5, 5.41) is 13.6. The Kier molecular flexibility index (Phi) is 6.56. The first kappa shape index (κ1) is 21.8. The Morgan fingerprint density at radius 1 is 1.23 bits per heavy atom. The number of hydrogen-bond donors (Lipinski definition) is 2. The normalized spacial score (nSPS) is 11.4. The number of aromatic hydroxyl groups is 1. The summed E-state index contributed by atoms with van der Waals surface area (Å²) in [6, 6.07) is 8.04. The molecule has 3 aromatic rings. The van der Waals surface area contributed by atoms with E-state index in [1.807, 2.05) is 19.0 Å². The van der Waals surface area contributed by atoms with Gasteiger partial charge in [0, 0.05) is 26.3 Å². The molecule has 0 saturated carbocycles. The van der Waals surface area contributed by atoms with Gasteiger partial charge in [-0.15, -0.1) is 0 Å². The van der Waals surface area contributed by atoms with Gasteiger partial charge in [0.25, 0.3) is 11.5 Å². The van der Waals surface area contributed by atoms with E-state index in [2.05, 4.69) is 15.3 Å². The number of fused-ring (bicyclic) bond motifs is 1. The molecule has 0 unspecified atom stereocenters. The lowest BCUT2D eigenvalue weighted by Crippen LogP contribution is -2.31. The Morgan fingerprint density at radius 2 is 2.00 bits per heavy atom. The minimum absolute atomic E-state index is 0.212. The highest BCUT2D eigenvalue weighted by Gasteiger charge is 2.19. The Bertz CT molecular complexity index is 1230. The van der Waals surface area contributed by atoms with Crippen LogP contribution < -0.4 is 10.9 Å². The number of hydrogen-bond acceptors (Lipinski definition) is 7. The average molecular weight is 421 g/mol. The molecule has 0 saturated heterocycles. The molecule has 0 aliphatic heterocycles. The summed E-state index contributed by atoms with van der Waals surface area (Å²) in [5.41, 5.74) is -0.145. The number of carbonyl (C=O) groups excluding carboxylic acids is 2. The van der Waals surface area contributed by atoms with Gasteiger partial charge >= 0.3 is 0 Å². The van der Waals surface area contributed by atoms with Crippen molar-refractivity contribution in [2.24, 2.45) is 7.05 Å². The second-order valence-electron chi connectivity index (χ2n) is 7.17. The second kappa shape index (κ2) is 9.31. The lowest BCUT2D eigenvalue weighted by Gasteiger charge is -2.10. The maximum absolute atomic E-state index is 12.7. The number of ketones is 1. The number of nitrogens with one attached hydrogen (secondary N) is 1. The van der Waals surface area contributed by atoms with Crippen molar-refractivity contribution in [3.05, 3.63) is 69.9 Å². The summed E-state index contributed by atoms with van der Waals surface area (Å²) >= 11 is 0. The summed E-state index contributed by atoms with van der Waals surface area (Å²) in [7, 11) is 5.30. The Labute approximate surface area is 178 Å². The van der Waals surface area contributed by atoms with Crippen LogP contribution in [-0.4, -0.2) is 63.4 Å². The van der Waals surface area contributed by atoms with Crippen molar-refractivity contribution in [3.8, 4) is 5.75 Å². The maximum Gasteiger partial charge on any atom is 0.269 e. The molecule has 1 amide bonds. The van der Waals surface area contributed by atoms with Crippen LogP contribution in [0.15, 0.2) is 47.4 Å². The molecule has 0 spiro atoms. The molecule has 0 bridgehead atoms. The number of aryl methyl sites for hydroxylation is 1. The highest BCUT2D eigenvalue weighted by atomic mass is 16.3. The van der Waals surface area contributed by atoms with Crippen molar-refractivity contribution in [1.29, 1.82) is 0 Å². The molecule has 160 valence electrons. The fraction of sp³-hybridized carbons (Fsp3) is 0.227. The number of rotatable bonds is 7. The summed E-state index contributed by atoms with van der Waals surface area (Å²) in [5.74, 6) is -1.41. The van der Waals surface area contributed by atoms with E-state index in [9.17, 15) is 19.5 Å². The van der Waals surface area contributed by atoms with Crippen LogP contribution in [0.25, 0.3) is 17.1 Å². The summed E-state index contributed by atoms with van der Waals surface area (Å²) in [6.45, 7) is 1.17. The Hall–Kier alpha value is -3.85. The molecule has 0 aliphatic carbocycles. The van der Waals surface area contributed by atoms with E-state index in [0.29, 0.717) is 24.2 Å². The van der Waals surface area contributed by atoms with Crippen molar-refractivity contribution in [3.63, 3.8) is 0 Å². The van der Waals surface area contributed by atoms with Gasteiger partial charge in [0.05, 0.1) is 11.1 Å². The van der Waals surface area contributed by atoms with Gasteiger partial charge in [-0.2, -0.15) is 0 Å². The number of pyridine rings is 3. The first-order valence-corrected chi connectivity index (χ1v) is 9.58. The van der Waals surface area contributed by atoms with Gasteiger partial charge < -0.3 is 15.3 Å². The van der Waals surface area contributed by atoms with E-state index >= 15 is 0 Å². The van der Waals surface area contributed by atoms with Crippen LogP contribution in [0, 0.1) is 0 Å². The summed E-state index contributed by atoms with van der Waals surface area (Å²) in [4.78, 5) is 47.7. The van der Waals surface area contributed by atoms with Crippen LogP contribution in [0.4, 0.5) is 0 Å². The molecule has 9 nitrogen and oxygen atoms in total. The molecule has 0 aromatic carbocycles.